The van der Waals surface area contributed by atoms with Crippen LogP contribution in [0.25, 0.3) is 0 Å². The first-order valence-electron chi connectivity index (χ1n) is 17.3. The number of carbonyl (C=O) groups excluding carboxylic acids is 2. The van der Waals surface area contributed by atoms with Gasteiger partial charge in [0.25, 0.3) is 0 Å². The van der Waals surface area contributed by atoms with E-state index in [1.165, 1.54) is 38.5 Å². The monoisotopic (exact) mass is 618 g/mol. The molecule has 0 amide bonds. The molecule has 2 aliphatic rings. The minimum Gasteiger partial charge on any atom is -0.481 e. The van der Waals surface area contributed by atoms with Crippen LogP contribution < -0.4 is 0 Å². The highest BCUT2D eigenvalue weighted by atomic mass is 16.4. The molecule has 0 unspecified atom stereocenters. The number of aliphatic carboxylic acids is 1. The second kappa shape index (κ2) is 27.0. The van der Waals surface area contributed by atoms with Crippen molar-refractivity contribution < 1.29 is 24.6 Å². The Hall–Kier alpha value is -3.31. The molecule has 0 heterocycles. The van der Waals surface area contributed by atoms with E-state index in [0.29, 0.717) is 6.42 Å². The molecule has 2 rings (SSSR count). The maximum atomic E-state index is 11.9. The second-order valence-electron chi connectivity index (χ2n) is 11.7. The highest BCUT2D eigenvalue weighted by Crippen LogP contribution is 2.26. The minimum absolute atomic E-state index is 0.104. The zero-order valence-corrected chi connectivity index (χ0v) is 27.9. The van der Waals surface area contributed by atoms with Crippen LogP contribution in [0, 0.1) is 11.8 Å². The molecule has 2 aliphatic carbocycles. The highest BCUT2D eigenvalue weighted by Gasteiger charge is 2.21. The van der Waals surface area contributed by atoms with E-state index in [1.54, 1.807) is 12.2 Å². The third-order valence-corrected chi connectivity index (χ3v) is 7.75. The van der Waals surface area contributed by atoms with E-state index in [-0.39, 0.29) is 36.4 Å². The predicted octanol–water partition coefficient (Wildman–Crippen LogP) is 9.92. The van der Waals surface area contributed by atoms with E-state index >= 15 is 0 Å². The number of aliphatic hydroxyl groups excluding tert-OH is 1. The van der Waals surface area contributed by atoms with Crippen molar-refractivity contribution in [3.8, 4) is 0 Å². The summed E-state index contributed by atoms with van der Waals surface area (Å²) < 4.78 is 0. The summed E-state index contributed by atoms with van der Waals surface area (Å²) in [4.78, 5) is 34.2. The maximum absolute atomic E-state index is 11.9. The van der Waals surface area contributed by atoms with Crippen LogP contribution >= 0.6 is 0 Å². The summed E-state index contributed by atoms with van der Waals surface area (Å²) in [5.41, 5.74) is 1.76. The molecule has 0 aromatic rings. The molecule has 45 heavy (non-hydrogen) atoms. The van der Waals surface area contributed by atoms with Gasteiger partial charge in [-0.05, 0) is 82.8 Å². The summed E-state index contributed by atoms with van der Waals surface area (Å²) in [6.07, 6.45) is 43.7. The summed E-state index contributed by atoms with van der Waals surface area (Å²) in [6.45, 7) is 4.66. The molecule has 248 valence electrons. The van der Waals surface area contributed by atoms with Gasteiger partial charge in [0.15, 0.2) is 11.6 Å². The molecule has 0 saturated carbocycles. The number of carboxylic acid groups (broad SMARTS) is 1. The number of rotatable bonds is 22. The van der Waals surface area contributed by atoms with Crippen LogP contribution in [0.1, 0.15) is 117 Å². The lowest BCUT2D eigenvalue weighted by Crippen LogP contribution is -2.01. The molecule has 0 aliphatic heterocycles. The van der Waals surface area contributed by atoms with Crippen molar-refractivity contribution in [1.82, 2.24) is 0 Å². The third-order valence-electron chi connectivity index (χ3n) is 7.75. The summed E-state index contributed by atoms with van der Waals surface area (Å²) in [6, 6.07) is 0. The Morgan fingerprint density at radius 3 is 1.53 bits per heavy atom. The quantitative estimate of drug-likeness (QED) is 0.0716. The SMILES string of the molecule is CCCCC/C=C/C=C1/C(=O)C=C[C@@H]1C/C=C\CCCC(=O)O.CCCCC/C=C/C=C1/C(=O)C=C[C@@H]1C/C=C\CCCCO. The number of unbranched alkanes of at least 4 members (excludes halogenated alkanes) is 9. The van der Waals surface area contributed by atoms with Crippen molar-refractivity contribution in [3.63, 3.8) is 0 Å². The molecule has 0 bridgehead atoms. The molecule has 2 N–H and O–H groups in total. The van der Waals surface area contributed by atoms with Gasteiger partial charge in [-0.1, -0.05) is 112 Å². The first kappa shape index (κ1) is 39.7. The number of hydrogen-bond donors (Lipinski definition) is 2. The lowest BCUT2D eigenvalue weighted by Gasteiger charge is -2.06. The summed E-state index contributed by atoms with van der Waals surface area (Å²) in [7, 11) is 0. The average Bonchev–Trinajstić information content (AvgIpc) is 3.56. The van der Waals surface area contributed by atoms with Gasteiger partial charge in [0.2, 0.25) is 0 Å². The molecule has 0 aromatic carbocycles. The molecule has 0 spiro atoms. The largest absolute Gasteiger partial charge is 0.481 e. The molecule has 2 atom stereocenters. The van der Waals surface area contributed by atoms with E-state index in [0.717, 1.165) is 62.5 Å². The molecule has 0 aromatic heterocycles. The van der Waals surface area contributed by atoms with Crippen molar-refractivity contribution in [2.75, 3.05) is 6.61 Å². The van der Waals surface area contributed by atoms with Gasteiger partial charge in [0.1, 0.15) is 0 Å². The molecule has 5 nitrogen and oxygen atoms in total. The standard InChI is InChI=1S/C20H28O3.C20H30O2/c1-2-3-4-5-6-10-13-18-17(15-16-19(18)21)12-9-7-8-11-14-20(22)23;1-2-3-4-5-8-11-14-19-18(15-16-20(19)22)13-10-7-6-9-12-17-21/h6-7,9-10,13,15-17H,2-5,8,11-12,14H2,1H3,(H,22,23);7-8,10-11,14-16,18,21H,2-6,9,12-13,17H2,1H3/b9-7-,10-6+,18-13+;10-7-,11-8+,19-14+/t17-;18-/m00/s1. The van der Waals surface area contributed by atoms with Crippen molar-refractivity contribution in [2.45, 2.75) is 117 Å². The third kappa shape index (κ3) is 19.6. The van der Waals surface area contributed by atoms with E-state index in [4.69, 9.17) is 10.2 Å². The fourth-order valence-electron chi connectivity index (χ4n) is 5.02. The van der Waals surface area contributed by atoms with Gasteiger partial charge in [0, 0.05) is 36.0 Å². The average molecular weight is 619 g/mol. The Morgan fingerprint density at radius 1 is 0.644 bits per heavy atom. The number of hydrogen-bond acceptors (Lipinski definition) is 4. The maximum Gasteiger partial charge on any atom is 0.303 e. The van der Waals surface area contributed by atoms with Crippen molar-refractivity contribution in [1.29, 1.82) is 0 Å². The number of carbonyl (C=O) groups is 3. The van der Waals surface area contributed by atoms with Crippen LogP contribution in [-0.2, 0) is 14.4 Å². The van der Waals surface area contributed by atoms with E-state index in [9.17, 15) is 14.4 Å². The number of allylic oxidation sites excluding steroid dienone is 16. The van der Waals surface area contributed by atoms with Gasteiger partial charge in [0.05, 0.1) is 0 Å². The molecular formula is C40H58O5. The smallest absolute Gasteiger partial charge is 0.303 e. The van der Waals surface area contributed by atoms with Gasteiger partial charge in [-0.2, -0.15) is 0 Å². The second-order valence-corrected chi connectivity index (χ2v) is 11.7. The molecule has 0 radical (unpaired) electrons. The van der Waals surface area contributed by atoms with E-state index in [2.05, 4.69) is 38.2 Å². The fourth-order valence-corrected chi connectivity index (χ4v) is 5.02. The zero-order valence-electron chi connectivity index (χ0n) is 27.9. The summed E-state index contributed by atoms with van der Waals surface area (Å²) >= 11 is 0. The van der Waals surface area contributed by atoms with Crippen LogP contribution in [0.15, 0.2) is 96.2 Å². The van der Waals surface area contributed by atoms with Crippen LogP contribution in [-0.4, -0.2) is 34.4 Å². The normalized spacial score (nSPS) is 19.9. The van der Waals surface area contributed by atoms with Crippen LogP contribution in [0.3, 0.4) is 0 Å². The fraction of sp³-hybridized carbons (Fsp3) is 0.525. The van der Waals surface area contributed by atoms with Gasteiger partial charge in [-0.15, -0.1) is 0 Å². The van der Waals surface area contributed by atoms with Crippen LogP contribution in [0.4, 0.5) is 0 Å². The van der Waals surface area contributed by atoms with Crippen molar-refractivity contribution in [3.05, 3.63) is 96.2 Å². The Bertz CT molecular complexity index is 1100. The Morgan fingerprint density at radius 2 is 1.09 bits per heavy atom. The number of ketones is 2. The Kier molecular flexibility index (Phi) is 23.9. The van der Waals surface area contributed by atoms with E-state index in [1.807, 2.05) is 48.6 Å². The van der Waals surface area contributed by atoms with Crippen LogP contribution in [0.2, 0.25) is 0 Å². The summed E-state index contributed by atoms with van der Waals surface area (Å²) in [5.74, 6) is -0.122. The van der Waals surface area contributed by atoms with Gasteiger partial charge in [-0.25, -0.2) is 0 Å². The first-order valence-corrected chi connectivity index (χ1v) is 17.3. The van der Waals surface area contributed by atoms with Crippen molar-refractivity contribution >= 4 is 17.5 Å². The molecular weight excluding hydrogens is 560 g/mol. The van der Waals surface area contributed by atoms with E-state index < -0.39 is 5.97 Å². The molecule has 0 fully saturated rings. The molecule has 5 heteroatoms. The van der Waals surface area contributed by atoms with Gasteiger partial charge in [-0.3, -0.25) is 14.4 Å². The predicted molar refractivity (Wildman–Crippen MR) is 188 cm³/mol. The Labute approximate surface area is 273 Å². The minimum atomic E-state index is -0.751. The Balaban J connectivity index is 0.000000450. The topological polar surface area (TPSA) is 91.7 Å². The first-order chi connectivity index (χ1) is 21.9. The number of aliphatic hydroxyl groups is 1. The highest BCUT2D eigenvalue weighted by molar-refractivity contribution is 6.08. The molecule has 0 saturated heterocycles. The van der Waals surface area contributed by atoms with Crippen LogP contribution in [0.5, 0.6) is 0 Å². The number of carboxylic acids is 1. The van der Waals surface area contributed by atoms with Gasteiger partial charge < -0.3 is 10.2 Å². The van der Waals surface area contributed by atoms with Crippen molar-refractivity contribution in [2.24, 2.45) is 11.8 Å². The zero-order chi connectivity index (χ0) is 33.0. The lowest BCUT2D eigenvalue weighted by atomic mass is 9.97. The van der Waals surface area contributed by atoms with Gasteiger partial charge >= 0.3 is 5.97 Å². The summed E-state index contributed by atoms with van der Waals surface area (Å²) in [5, 5.41) is 17.3. The lowest BCUT2D eigenvalue weighted by molar-refractivity contribution is -0.137.